The first-order chi connectivity index (χ1) is 41.9. The second kappa shape index (κ2) is 8.46. The predicted molar refractivity (Wildman–Crippen MR) is 344 cm³/mol. The van der Waals surface area contributed by atoms with Gasteiger partial charge in [-0.2, -0.15) is 0 Å². The van der Waals surface area contributed by atoms with Gasteiger partial charge < -0.3 is 9.80 Å². The Bertz CT molecular complexity index is 7640. The van der Waals surface area contributed by atoms with E-state index in [1.165, 1.54) is 0 Å². The summed E-state index contributed by atoms with van der Waals surface area (Å²) in [5.41, 5.74) is 9.19. The van der Waals surface area contributed by atoms with Gasteiger partial charge in [0.2, 0.25) is 11.9 Å². The van der Waals surface area contributed by atoms with Crippen LogP contribution in [-0.2, 0) is 11.1 Å². The first kappa shape index (κ1) is 33.9. The molecule has 2 aliphatic heterocycles. The summed E-state index contributed by atoms with van der Waals surface area (Å²) in [6.07, 6.45) is 7.78. The van der Waals surface area contributed by atoms with E-state index in [2.05, 4.69) is 19.6 Å². The number of hydrogen-bond acceptors (Lipinski definition) is 8. The molecule has 0 N–H and O–H groups in total. The lowest BCUT2D eigenvalue weighted by Crippen LogP contribution is -2.62. The molecule has 366 valence electrons. The van der Waals surface area contributed by atoms with Crippen molar-refractivity contribution in [1.82, 2.24) is 29.7 Å². The minimum Gasteiger partial charge on any atom is -0.338 e. The van der Waals surface area contributed by atoms with E-state index in [0.717, 1.165) is 64.3 Å². The zero-order valence-electron chi connectivity index (χ0n) is 43.7. The van der Waals surface area contributed by atoms with Gasteiger partial charge in [0.05, 0.1) is 0 Å². The summed E-state index contributed by atoms with van der Waals surface area (Å²) in [6, 6.07) is 3.95. The highest BCUT2D eigenvalue weighted by atomic mass is 15.4. The zero-order valence-corrected chi connectivity index (χ0v) is 43.7. The maximum Gasteiger partial charge on any atom is 0.225 e. The second-order valence-electron chi connectivity index (χ2n) is 29.2. The van der Waals surface area contributed by atoms with Gasteiger partial charge in [-0.1, -0.05) is 0 Å². The molecule has 4 heterocycles. The summed E-state index contributed by atoms with van der Waals surface area (Å²) in [5.74, 6) is 1.73. The van der Waals surface area contributed by atoms with Crippen LogP contribution in [0.4, 0.5) is 11.9 Å². The fourth-order valence-electron chi connectivity index (χ4n) is 27.5. The number of anilines is 2. The summed E-state index contributed by atoms with van der Waals surface area (Å²) >= 11 is 0. The van der Waals surface area contributed by atoms with Gasteiger partial charge in [-0.05, 0) is 326 Å². The maximum atomic E-state index is 4.94. The molecule has 2 unspecified atom stereocenters. The van der Waals surface area contributed by atoms with Crippen LogP contribution in [0.2, 0.25) is 0 Å². The molecule has 2 atom stereocenters. The number of nitrogens with zero attached hydrogens (tertiary/aromatic N) is 8. The summed E-state index contributed by atoms with van der Waals surface area (Å²) in [6.45, 7) is 7.31. The van der Waals surface area contributed by atoms with Crippen molar-refractivity contribution < 1.29 is 0 Å². The summed E-state index contributed by atoms with van der Waals surface area (Å²) in [5, 5.41) is 85.5. The average Bonchev–Trinajstić information content (AvgIpc) is 1.39. The minimum atomic E-state index is -0.505. The molecule has 0 radical (unpaired) electrons. The molecule has 8 heteroatoms. The molecule has 0 bridgehead atoms. The summed E-state index contributed by atoms with van der Waals surface area (Å²) in [4.78, 5) is 31.1. The van der Waals surface area contributed by atoms with Crippen molar-refractivity contribution in [1.29, 1.82) is 0 Å². The highest BCUT2D eigenvalue weighted by molar-refractivity contribution is 6.81. The minimum absolute atomic E-state index is 0.505. The van der Waals surface area contributed by atoms with Crippen molar-refractivity contribution in [2.45, 2.75) is 11.1 Å². The summed E-state index contributed by atoms with van der Waals surface area (Å²) < 4.78 is 0. The number of hydrogen-bond donors (Lipinski definition) is 0. The molecule has 27 aromatic carbocycles. The zero-order chi connectivity index (χ0) is 50.7. The molecule has 2 aromatic heterocycles. The van der Waals surface area contributed by atoms with E-state index in [9.17, 15) is 0 Å². The van der Waals surface area contributed by atoms with E-state index < -0.39 is 11.1 Å². The van der Waals surface area contributed by atoms with Gasteiger partial charge in [0, 0.05) is 77.1 Å². The Kier molecular flexibility index (Phi) is 3.41. The van der Waals surface area contributed by atoms with Crippen molar-refractivity contribution >= 4 is 292 Å². The van der Waals surface area contributed by atoms with Gasteiger partial charge in [-0.3, -0.25) is 9.80 Å². The molecule has 5 aliphatic carbocycles. The molecule has 7 aliphatic rings. The van der Waals surface area contributed by atoms with Crippen LogP contribution >= 0.6 is 0 Å². The van der Waals surface area contributed by atoms with Gasteiger partial charge in [0.25, 0.3) is 0 Å². The third-order valence-electron chi connectivity index (χ3n) is 28.3. The Morgan fingerprint density at radius 2 is 0.345 bits per heavy atom. The van der Waals surface area contributed by atoms with Crippen molar-refractivity contribution in [3.8, 4) is 0 Å². The largest absolute Gasteiger partial charge is 0.338 e. The maximum absolute atomic E-state index is 4.94. The Balaban J connectivity index is 0.951. The number of rotatable bonds is 4. The normalized spacial score (nSPS) is 22.8. The first-order valence-corrected chi connectivity index (χ1v) is 31.2. The van der Waals surface area contributed by atoms with Gasteiger partial charge in [0.15, 0.2) is 0 Å². The van der Waals surface area contributed by atoms with Crippen molar-refractivity contribution in [2.24, 2.45) is 0 Å². The molecule has 8 nitrogen and oxygen atoms in total. The van der Waals surface area contributed by atoms with Gasteiger partial charge in [-0.25, -0.2) is 19.9 Å². The molecular formula is C76H22N8. The standard InChI is InChI=1S/C76H22N8/c1-3-77-73(78-4-1)81-7-11-83(12-8-81)75-67-59-50-43-30-23-17-18-20-16-15-19(17)28(30)34-32-21(15)25-22(16)33-35-29(20)31-24(18)27-26(23)37-45-38(27)47-44(31)51-49(35)53-40(33)42-36(25)41-39(32)52(48(34)50)63(67)65-54(41)55(42)66-64(53)68-60(51)57(47)62-58(45)61(56(59)46(37)43)69(75)70(62)76(68,72(66)71(65)75)84-13-9-82(10-14-84)74-79-5-2-6-80-74/h1-6H,7-14H2. The first-order valence-electron chi connectivity index (χ1n) is 31.2. The van der Waals surface area contributed by atoms with Gasteiger partial charge >= 0.3 is 0 Å². The third kappa shape index (κ3) is 2.09. The molecule has 36 rings (SSSR count). The van der Waals surface area contributed by atoms with E-state index in [4.69, 9.17) is 19.9 Å². The molecule has 0 amide bonds. The molecule has 0 saturated carbocycles. The van der Waals surface area contributed by atoms with E-state index in [1.807, 2.05) is 36.9 Å². The average molecular weight is 1050 g/mol. The Morgan fingerprint density at radius 1 is 0.190 bits per heavy atom. The van der Waals surface area contributed by atoms with Gasteiger partial charge in [0.1, 0.15) is 11.1 Å². The van der Waals surface area contributed by atoms with Crippen LogP contribution in [0.3, 0.4) is 0 Å². The molecular weight excluding hydrogens is 1020 g/mol. The van der Waals surface area contributed by atoms with Crippen LogP contribution in [0.5, 0.6) is 0 Å². The Labute approximate surface area is 462 Å². The topological polar surface area (TPSA) is 64.5 Å². The monoisotopic (exact) mass is 1050 g/mol. The van der Waals surface area contributed by atoms with Crippen molar-refractivity contribution in [3.05, 3.63) is 70.3 Å². The molecule has 2 fully saturated rings. The fraction of sp³-hybridized carbons (Fsp3) is 0.132. The van der Waals surface area contributed by atoms with Crippen molar-refractivity contribution in [3.63, 3.8) is 0 Å². The lowest BCUT2D eigenvalue weighted by atomic mass is 9.59. The van der Waals surface area contributed by atoms with Gasteiger partial charge in [-0.15, -0.1) is 0 Å². The number of piperazine rings is 2. The molecule has 29 aromatic rings. The highest BCUT2D eigenvalue weighted by Crippen LogP contribution is 2.84. The Hall–Kier alpha value is -9.86. The quantitative estimate of drug-likeness (QED) is 0.162. The fourth-order valence-corrected chi connectivity index (χ4v) is 27.5. The molecule has 2 saturated heterocycles. The van der Waals surface area contributed by atoms with Crippen molar-refractivity contribution in [2.75, 3.05) is 62.2 Å². The smallest absolute Gasteiger partial charge is 0.225 e. The predicted octanol–water partition coefficient (Wildman–Crippen LogP) is 16.1. The van der Waals surface area contributed by atoms with E-state index >= 15 is 0 Å². The summed E-state index contributed by atoms with van der Waals surface area (Å²) in [7, 11) is 0. The van der Waals surface area contributed by atoms with Crippen LogP contribution in [0, 0.1) is 0 Å². The number of benzene rings is 17. The number of aromatic nitrogens is 4. The van der Waals surface area contributed by atoms with Crippen LogP contribution < -0.4 is 9.80 Å². The second-order valence-corrected chi connectivity index (χ2v) is 29.2. The van der Waals surface area contributed by atoms with Crippen LogP contribution in [0.1, 0.15) is 33.4 Å². The molecule has 0 spiro atoms. The third-order valence-corrected chi connectivity index (χ3v) is 28.3. The van der Waals surface area contributed by atoms with E-state index in [-0.39, 0.29) is 0 Å². The lowest BCUT2D eigenvalue weighted by Gasteiger charge is -2.57. The van der Waals surface area contributed by atoms with E-state index in [1.54, 1.807) is 313 Å². The highest BCUT2D eigenvalue weighted by Gasteiger charge is 2.69. The van der Waals surface area contributed by atoms with Crippen LogP contribution in [-0.4, -0.2) is 82.1 Å². The Morgan fingerprint density at radius 3 is 0.560 bits per heavy atom. The SMILES string of the molecule is c1cnc(N2CCN(C34c5c6c7c8c9c%10c%11c%12c(c3c3c%13c4c4c%14c5c7c5c7c%14c%14c4c4c%13c%13c%15c3c%12c3c%12c%11c%11c9c9c8c5c5c7c7c%14c8c4c%13c4c(c%153)c3c%12c%11c%11c9c5c5c%11c3c4c8c75)C6%10N3CCN(c4ncccn4)CC3)CC2)nc1. The molecule has 84 heavy (non-hydrogen) atoms. The van der Waals surface area contributed by atoms with Crippen LogP contribution in [0.25, 0.3) is 280 Å². The van der Waals surface area contributed by atoms with Crippen LogP contribution in [0.15, 0.2) is 36.9 Å². The van der Waals surface area contributed by atoms with E-state index in [0.29, 0.717) is 0 Å². The lowest BCUT2D eigenvalue weighted by molar-refractivity contribution is 0.117.